The van der Waals surface area contributed by atoms with Crippen LogP contribution in [0.25, 0.3) is 0 Å². The molecule has 3 rings (SSSR count). The summed E-state index contributed by atoms with van der Waals surface area (Å²) < 4.78 is 40.8. The number of carbonyl (C=O) groups excluding carboxylic acids is 2. The zero-order valence-electron chi connectivity index (χ0n) is 16.2. The van der Waals surface area contributed by atoms with Crippen LogP contribution in [0.4, 0.5) is 18.0 Å². The normalized spacial score (nSPS) is 23.6. The number of aromatic nitrogens is 1. The van der Waals surface area contributed by atoms with E-state index in [4.69, 9.17) is 11.6 Å². The SMILES string of the molecule is C=C(O)[C@@H]1[C@@H](Cc2cncc(Cl)c2)C(=O)N1C(=O)N[C@@H](C1CCCCC1)C(F)(F)F. The molecule has 1 aromatic rings. The lowest BCUT2D eigenvalue weighted by Crippen LogP contribution is -2.68. The number of aliphatic hydroxyl groups is 1. The van der Waals surface area contributed by atoms with E-state index in [1.54, 1.807) is 6.07 Å². The van der Waals surface area contributed by atoms with E-state index in [0.717, 1.165) is 6.42 Å². The van der Waals surface area contributed by atoms with Crippen molar-refractivity contribution in [3.05, 3.63) is 41.4 Å². The average molecular weight is 446 g/mol. The largest absolute Gasteiger partial charge is 0.511 e. The highest BCUT2D eigenvalue weighted by atomic mass is 35.5. The monoisotopic (exact) mass is 445 g/mol. The van der Waals surface area contributed by atoms with Crippen molar-refractivity contribution < 1.29 is 27.9 Å². The number of pyridine rings is 1. The maximum absolute atomic E-state index is 13.6. The smallest absolute Gasteiger partial charge is 0.408 e. The van der Waals surface area contributed by atoms with E-state index in [0.29, 0.717) is 41.2 Å². The van der Waals surface area contributed by atoms with Gasteiger partial charge in [0.1, 0.15) is 17.8 Å². The van der Waals surface area contributed by atoms with Crippen LogP contribution in [0.3, 0.4) is 0 Å². The Balaban J connectivity index is 1.74. The second kappa shape index (κ2) is 8.83. The summed E-state index contributed by atoms with van der Waals surface area (Å²) in [5.41, 5.74) is 0.600. The molecular weight excluding hydrogens is 423 g/mol. The number of carbonyl (C=O) groups is 2. The number of rotatable bonds is 5. The van der Waals surface area contributed by atoms with E-state index in [-0.39, 0.29) is 6.42 Å². The van der Waals surface area contributed by atoms with Gasteiger partial charge in [-0.3, -0.25) is 14.7 Å². The van der Waals surface area contributed by atoms with E-state index < -0.39 is 47.8 Å². The number of nitrogens with zero attached hydrogens (tertiary/aromatic N) is 2. The van der Waals surface area contributed by atoms with Crippen LogP contribution in [0, 0.1) is 11.8 Å². The first-order chi connectivity index (χ1) is 14.1. The third-order valence-electron chi connectivity index (χ3n) is 5.74. The van der Waals surface area contributed by atoms with Gasteiger partial charge in [-0.1, -0.05) is 37.4 Å². The molecule has 0 radical (unpaired) electrons. The number of alkyl halides is 3. The molecule has 2 aliphatic rings. The van der Waals surface area contributed by atoms with Crippen molar-refractivity contribution in [2.75, 3.05) is 0 Å². The van der Waals surface area contributed by atoms with Gasteiger partial charge in [-0.15, -0.1) is 0 Å². The molecule has 6 nitrogen and oxygen atoms in total. The van der Waals surface area contributed by atoms with Gasteiger partial charge >= 0.3 is 12.2 Å². The van der Waals surface area contributed by atoms with Crippen LogP contribution in [0.15, 0.2) is 30.8 Å². The average Bonchev–Trinajstić information content (AvgIpc) is 2.67. The number of hydrogen-bond acceptors (Lipinski definition) is 4. The van der Waals surface area contributed by atoms with Gasteiger partial charge in [0.2, 0.25) is 5.91 Å². The third kappa shape index (κ3) is 4.71. The van der Waals surface area contributed by atoms with Crippen LogP contribution < -0.4 is 5.32 Å². The van der Waals surface area contributed by atoms with Crippen LogP contribution in [0.1, 0.15) is 37.7 Å². The molecule has 1 saturated heterocycles. The highest BCUT2D eigenvalue weighted by Gasteiger charge is 2.54. The van der Waals surface area contributed by atoms with Crippen LogP contribution in [-0.4, -0.2) is 45.2 Å². The molecule has 164 valence electrons. The summed E-state index contributed by atoms with van der Waals surface area (Å²) in [6.07, 6.45) is 1.31. The first-order valence-electron chi connectivity index (χ1n) is 9.77. The number of nitrogens with one attached hydrogen (secondary N) is 1. The highest BCUT2D eigenvalue weighted by Crippen LogP contribution is 2.37. The van der Waals surface area contributed by atoms with E-state index in [2.05, 4.69) is 11.6 Å². The van der Waals surface area contributed by atoms with Crippen molar-refractivity contribution in [3.8, 4) is 0 Å². The molecule has 0 spiro atoms. The van der Waals surface area contributed by atoms with Gasteiger partial charge in [-0.25, -0.2) is 4.79 Å². The summed E-state index contributed by atoms with van der Waals surface area (Å²) in [4.78, 5) is 29.7. The van der Waals surface area contributed by atoms with Gasteiger partial charge < -0.3 is 10.4 Å². The fourth-order valence-corrected chi connectivity index (χ4v) is 4.51. The molecule has 1 saturated carbocycles. The standard InChI is InChI=1S/C20H23ClF3N3O3/c1-11(28)16-15(8-12-7-14(21)10-25-9-12)18(29)27(16)19(30)26-17(20(22,23)24)13-5-3-2-4-6-13/h7,9-10,13,15-17,28H,1-6,8H2,(H,26,30)/t15-,16-,17+/m1/s1. The Bertz CT molecular complexity index is 827. The zero-order chi connectivity index (χ0) is 22.1. The fraction of sp³-hybridized carbons (Fsp3) is 0.550. The summed E-state index contributed by atoms with van der Waals surface area (Å²) in [6.45, 7) is 3.39. The van der Waals surface area contributed by atoms with Gasteiger partial charge in [0, 0.05) is 12.4 Å². The summed E-state index contributed by atoms with van der Waals surface area (Å²) in [5.74, 6) is -2.72. The van der Waals surface area contributed by atoms with Crippen molar-refractivity contribution in [1.82, 2.24) is 15.2 Å². The summed E-state index contributed by atoms with van der Waals surface area (Å²) in [7, 11) is 0. The number of amides is 3. The Kier molecular flexibility index (Phi) is 6.59. The van der Waals surface area contributed by atoms with Crippen LogP contribution >= 0.6 is 11.6 Å². The minimum absolute atomic E-state index is 0.117. The molecule has 0 bridgehead atoms. The molecular formula is C20H23ClF3N3O3. The van der Waals surface area contributed by atoms with Gasteiger partial charge in [-0.2, -0.15) is 13.2 Å². The molecule has 3 atom stereocenters. The predicted molar refractivity (Wildman–Crippen MR) is 104 cm³/mol. The first kappa shape index (κ1) is 22.4. The highest BCUT2D eigenvalue weighted by molar-refractivity contribution is 6.30. The zero-order valence-corrected chi connectivity index (χ0v) is 16.9. The van der Waals surface area contributed by atoms with Crippen molar-refractivity contribution in [1.29, 1.82) is 0 Å². The van der Waals surface area contributed by atoms with Crippen molar-refractivity contribution in [2.24, 2.45) is 11.8 Å². The Hall–Kier alpha value is -2.29. The number of urea groups is 1. The van der Waals surface area contributed by atoms with Crippen LogP contribution in [0.5, 0.6) is 0 Å². The molecule has 1 aromatic heterocycles. The van der Waals surface area contributed by atoms with Crippen molar-refractivity contribution >= 4 is 23.5 Å². The lowest BCUT2D eigenvalue weighted by atomic mass is 9.81. The first-order valence-corrected chi connectivity index (χ1v) is 10.1. The molecule has 1 aliphatic carbocycles. The number of likely N-dealkylation sites (tertiary alicyclic amines) is 1. The van der Waals surface area contributed by atoms with Crippen LogP contribution in [0.2, 0.25) is 5.02 Å². The summed E-state index contributed by atoms with van der Waals surface area (Å²) in [5, 5.41) is 12.3. The second-order valence-corrected chi connectivity index (χ2v) is 8.27. The second-order valence-electron chi connectivity index (χ2n) is 7.83. The number of β-lactam (4-membered cyclic amide) rings is 1. The molecule has 30 heavy (non-hydrogen) atoms. The maximum Gasteiger partial charge on any atom is 0.408 e. The van der Waals surface area contributed by atoms with Gasteiger partial charge in [0.05, 0.1) is 10.9 Å². The molecule has 0 unspecified atom stereocenters. The van der Waals surface area contributed by atoms with E-state index in [1.807, 2.05) is 5.32 Å². The maximum atomic E-state index is 13.6. The quantitative estimate of drug-likeness (QED) is 0.520. The molecule has 0 aromatic carbocycles. The third-order valence-corrected chi connectivity index (χ3v) is 5.95. The minimum atomic E-state index is -4.64. The Morgan fingerprint density at radius 1 is 1.33 bits per heavy atom. The Labute approximate surface area is 177 Å². The fourth-order valence-electron chi connectivity index (χ4n) is 4.31. The minimum Gasteiger partial charge on any atom is -0.511 e. The van der Waals surface area contributed by atoms with E-state index >= 15 is 0 Å². The predicted octanol–water partition coefficient (Wildman–Crippen LogP) is 4.40. The Morgan fingerprint density at radius 2 is 2.00 bits per heavy atom. The molecule has 3 amide bonds. The number of hydrogen-bond donors (Lipinski definition) is 2. The van der Waals surface area contributed by atoms with Gasteiger partial charge in [0.15, 0.2) is 0 Å². The van der Waals surface area contributed by atoms with Gasteiger partial charge in [-0.05, 0) is 36.8 Å². The van der Waals surface area contributed by atoms with Crippen LogP contribution in [-0.2, 0) is 11.2 Å². The number of aliphatic hydroxyl groups excluding tert-OH is 1. The topological polar surface area (TPSA) is 82.5 Å². The molecule has 2 heterocycles. The summed E-state index contributed by atoms with van der Waals surface area (Å²) >= 11 is 5.88. The number of imide groups is 1. The molecule has 2 fully saturated rings. The Morgan fingerprint density at radius 3 is 2.57 bits per heavy atom. The molecule has 10 heteroatoms. The molecule has 2 N–H and O–H groups in total. The number of halogens is 4. The summed E-state index contributed by atoms with van der Waals surface area (Å²) in [6, 6.07) is -2.74. The lowest BCUT2D eigenvalue weighted by Gasteiger charge is -2.45. The van der Waals surface area contributed by atoms with E-state index in [9.17, 15) is 27.9 Å². The van der Waals surface area contributed by atoms with Crippen molar-refractivity contribution in [3.63, 3.8) is 0 Å². The van der Waals surface area contributed by atoms with E-state index in [1.165, 1.54) is 12.4 Å². The van der Waals surface area contributed by atoms with Gasteiger partial charge in [0.25, 0.3) is 0 Å². The lowest BCUT2D eigenvalue weighted by molar-refractivity contribution is -0.170. The van der Waals surface area contributed by atoms with Crippen molar-refractivity contribution in [2.45, 2.75) is 56.8 Å². The molecule has 1 aliphatic heterocycles.